The highest BCUT2D eigenvalue weighted by Crippen LogP contribution is 2.15. The number of nitrogens with zero attached hydrogens (tertiary/aromatic N) is 2. The molecule has 0 bridgehead atoms. The molecule has 7 nitrogen and oxygen atoms in total. The van der Waals surface area contributed by atoms with Crippen LogP contribution in [0.1, 0.15) is 5.56 Å². The fourth-order valence-corrected chi connectivity index (χ4v) is 1.65. The summed E-state index contributed by atoms with van der Waals surface area (Å²) in [5.74, 6) is -0.621. The van der Waals surface area contributed by atoms with Crippen LogP contribution in [0.3, 0.4) is 0 Å². The topological polar surface area (TPSA) is 93.8 Å². The quantitative estimate of drug-likeness (QED) is 0.502. The maximum atomic E-state index is 12.7. The summed E-state index contributed by atoms with van der Waals surface area (Å²) >= 11 is 0. The van der Waals surface area contributed by atoms with E-state index in [9.17, 15) is 19.3 Å². The van der Waals surface area contributed by atoms with Gasteiger partial charge in [-0.15, -0.1) is 0 Å². The minimum absolute atomic E-state index is 0.118. The minimum Gasteiger partial charge on any atom is -0.484 e. The first-order valence-electron chi connectivity index (χ1n) is 6.50. The van der Waals surface area contributed by atoms with Crippen molar-refractivity contribution < 1.29 is 18.8 Å². The van der Waals surface area contributed by atoms with Gasteiger partial charge in [-0.3, -0.25) is 14.9 Å². The van der Waals surface area contributed by atoms with E-state index in [-0.39, 0.29) is 17.9 Å². The average Bonchev–Trinajstić information content (AvgIpc) is 2.54. The average molecular weight is 317 g/mol. The van der Waals surface area contributed by atoms with Crippen molar-refractivity contribution in [2.24, 2.45) is 5.10 Å². The third-order valence-electron chi connectivity index (χ3n) is 2.71. The molecule has 1 amide bonds. The summed E-state index contributed by atoms with van der Waals surface area (Å²) in [6.07, 6.45) is 1.17. The highest BCUT2D eigenvalue weighted by Gasteiger charge is 2.10. The van der Waals surface area contributed by atoms with Crippen molar-refractivity contribution in [3.05, 3.63) is 70.0 Å². The van der Waals surface area contributed by atoms with Crippen LogP contribution in [0.2, 0.25) is 0 Å². The van der Waals surface area contributed by atoms with E-state index in [1.165, 1.54) is 48.7 Å². The van der Waals surface area contributed by atoms with Crippen LogP contribution in [-0.2, 0) is 4.79 Å². The van der Waals surface area contributed by atoms with Gasteiger partial charge >= 0.3 is 0 Å². The third kappa shape index (κ3) is 4.88. The van der Waals surface area contributed by atoms with E-state index in [0.717, 1.165) is 0 Å². The number of carbonyl (C=O) groups is 1. The largest absolute Gasteiger partial charge is 0.484 e. The molecule has 2 aromatic rings. The van der Waals surface area contributed by atoms with E-state index in [1.54, 1.807) is 6.07 Å². The molecule has 0 saturated carbocycles. The number of nitro benzene ring substituents is 1. The number of rotatable bonds is 6. The predicted molar refractivity (Wildman–Crippen MR) is 80.7 cm³/mol. The summed E-state index contributed by atoms with van der Waals surface area (Å²) in [4.78, 5) is 21.8. The van der Waals surface area contributed by atoms with Crippen LogP contribution < -0.4 is 10.2 Å². The molecule has 0 heterocycles. The molecule has 0 fully saturated rings. The van der Waals surface area contributed by atoms with Crippen LogP contribution in [0.5, 0.6) is 5.75 Å². The highest BCUT2D eigenvalue weighted by molar-refractivity contribution is 5.86. The van der Waals surface area contributed by atoms with Crippen molar-refractivity contribution in [1.29, 1.82) is 0 Å². The van der Waals surface area contributed by atoms with Gasteiger partial charge in [-0.05, 0) is 30.3 Å². The summed E-state index contributed by atoms with van der Waals surface area (Å²) < 4.78 is 17.8. The first-order valence-corrected chi connectivity index (χ1v) is 6.50. The van der Waals surface area contributed by atoms with Gasteiger partial charge in [-0.1, -0.05) is 12.1 Å². The first kappa shape index (κ1) is 16.1. The van der Waals surface area contributed by atoms with Gasteiger partial charge in [0.05, 0.1) is 16.7 Å². The Labute approximate surface area is 130 Å². The molecule has 2 aromatic carbocycles. The summed E-state index contributed by atoms with van der Waals surface area (Å²) in [6, 6.07) is 11.2. The highest BCUT2D eigenvalue weighted by atomic mass is 19.1. The zero-order valence-corrected chi connectivity index (χ0v) is 11.8. The standard InChI is InChI=1S/C15H12FN3O4/c16-12-5-7-13(8-6-12)23-10-15(20)18-17-9-11-3-1-2-4-14(11)19(21)22/h1-9H,10H2,(H,18,20)/b17-9-. The van der Waals surface area contributed by atoms with Crippen molar-refractivity contribution in [2.45, 2.75) is 0 Å². The zero-order chi connectivity index (χ0) is 16.7. The van der Waals surface area contributed by atoms with Gasteiger partial charge in [0.15, 0.2) is 6.61 Å². The summed E-state index contributed by atoms with van der Waals surface area (Å²) in [5.41, 5.74) is 2.33. The smallest absolute Gasteiger partial charge is 0.278 e. The molecule has 23 heavy (non-hydrogen) atoms. The van der Waals surface area contributed by atoms with Gasteiger partial charge in [0, 0.05) is 6.07 Å². The van der Waals surface area contributed by atoms with Gasteiger partial charge in [0.1, 0.15) is 11.6 Å². The molecular weight excluding hydrogens is 305 g/mol. The number of para-hydroxylation sites is 1. The number of nitro groups is 1. The lowest BCUT2D eigenvalue weighted by molar-refractivity contribution is -0.385. The van der Waals surface area contributed by atoms with E-state index < -0.39 is 16.6 Å². The van der Waals surface area contributed by atoms with Crippen LogP contribution in [-0.4, -0.2) is 23.7 Å². The maximum absolute atomic E-state index is 12.7. The molecule has 1 N–H and O–H groups in total. The van der Waals surface area contributed by atoms with E-state index in [1.807, 2.05) is 0 Å². The molecule has 0 spiro atoms. The number of benzene rings is 2. The number of carbonyl (C=O) groups excluding carboxylic acids is 1. The number of halogens is 1. The molecule has 2 rings (SSSR count). The van der Waals surface area contributed by atoms with Crippen molar-refractivity contribution in [3.8, 4) is 5.75 Å². The molecule has 8 heteroatoms. The van der Waals surface area contributed by atoms with Crippen LogP contribution in [0, 0.1) is 15.9 Å². The third-order valence-corrected chi connectivity index (χ3v) is 2.71. The van der Waals surface area contributed by atoms with Gasteiger partial charge in [0.25, 0.3) is 11.6 Å². The van der Waals surface area contributed by atoms with E-state index in [4.69, 9.17) is 4.74 Å². The molecule has 0 radical (unpaired) electrons. The molecular formula is C15H12FN3O4. The number of amides is 1. The second kappa shape index (κ2) is 7.64. The fourth-order valence-electron chi connectivity index (χ4n) is 1.65. The van der Waals surface area contributed by atoms with E-state index >= 15 is 0 Å². The zero-order valence-electron chi connectivity index (χ0n) is 11.8. The van der Waals surface area contributed by atoms with Crippen LogP contribution in [0.4, 0.5) is 10.1 Å². The lowest BCUT2D eigenvalue weighted by Gasteiger charge is -2.04. The normalized spacial score (nSPS) is 10.5. The van der Waals surface area contributed by atoms with Crippen molar-refractivity contribution >= 4 is 17.8 Å². The molecule has 0 aliphatic rings. The maximum Gasteiger partial charge on any atom is 0.278 e. The Bertz CT molecular complexity index is 732. The summed E-state index contributed by atoms with van der Waals surface area (Å²) in [6.45, 7) is -0.320. The molecule has 0 aliphatic carbocycles. The van der Waals surface area contributed by atoms with Gasteiger partial charge in [-0.2, -0.15) is 5.10 Å². The lowest BCUT2D eigenvalue weighted by Crippen LogP contribution is -2.24. The molecule has 0 atom stereocenters. The number of hydrogen-bond donors (Lipinski definition) is 1. The molecule has 118 valence electrons. The second-order valence-electron chi connectivity index (χ2n) is 4.35. The molecule has 0 unspecified atom stereocenters. The van der Waals surface area contributed by atoms with Crippen molar-refractivity contribution in [2.75, 3.05) is 6.61 Å². The monoisotopic (exact) mass is 317 g/mol. The van der Waals surface area contributed by atoms with Gasteiger partial charge in [-0.25, -0.2) is 9.82 Å². The molecule has 0 aromatic heterocycles. The summed E-state index contributed by atoms with van der Waals surface area (Å²) in [7, 11) is 0. The van der Waals surface area contributed by atoms with E-state index in [0.29, 0.717) is 5.75 Å². The van der Waals surface area contributed by atoms with Crippen LogP contribution >= 0.6 is 0 Å². The Morgan fingerprint density at radius 1 is 1.26 bits per heavy atom. The molecule has 0 saturated heterocycles. The Morgan fingerprint density at radius 3 is 2.65 bits per heavy atom. The minimum atomic E-state index is -0.552. The first-order chi connectivity index (χ1) is 11.1. The summed E-state index contributed by atoms with van der Waals surface area (Å²) in [5, 5.41) is 14.5. The number of ether oxygens (including phenoxy) is 1. The van der Waals surface area contributed by atoms with Crippen molar-refractivity contribution in [3.63, 3.8) is 0 Å². The lowest BCUT2D eigenvalue weighted by atomic mass is 10.2. The Morgan fingerprint density at radius 2 is 1.96 bits per heavy atom. The van der Waals surface area contributed by atoms with Crippen LogP contribution in [0.25, 0.3) is 0 Å². The van der Waals surface area contributed by atoms with Gasteiger partial charge < -0.3 is 4.74 Å². The Kier molecular flexibility index (Phi) is 5.35. The SMILES string of the molecule is O=C(COc1ccc(F)cc1)N/N=C\c1ccccc1[N+](=O)[O-]. The predicted octanol–water partition coefficient (Wildman–Crippen LogP) is 2.26. The Balaban J connectivity index is 1.87. The van der Waals surface area contributed by atoms with Crippen LogP contribution in [0.15, 0.2) is 53.6 Å². The Hall–Kier alpha value is -3.29. The number of hydrazone groups is 1. The fraction of sp³-hybridized carbons (Fsp3) is 0.0667. The second-order valence-corrected chi connectivity index (χ2v) is 4.35. The van der Waals surface area contributed by atoms with E-state index in [2.05, 4.69) is 10.5 Å². The molecule has 0 aliphatic heterocycles. The van der Waals surface area contributed by atoms with Gasteiger partial charge in [0.2, 0.25) is 0 Å². The number of hydrogen-bond acceptors (Lipinski definition) is 5. The van der Waals surface area contributed by atoms with Crippen molar-refractivity contribution in [1.82, 2.24) is 5.43 Å². The number of nitrogens with one attached hydrogen (secondary N) is 1.